The summed E-state index contributed by atoms with van der Waals surface area (Å²) in [6.45, 7) is 5.43. The van der Waals surface area contributed by atoms with Crippen LogP contribution >= 0.6 is 0 Å². The maximum atomic E-state index is 11.8. The fraction of sp³-hybridized carbons (Fsp3) is 0.611. The van der Waals surface area contributed by atoms with E-state index in [0.29, 0.717) is 6.54 Å². The van der Waals surface area contributed by atoms with Gasteiger partial charge in [-0.3, -0.25) is 9.69 Å². The third kappa shape index (κ3) is 4.94. The van der Waals surface area contributed by atoms with Crippen LogP contribution in [0.4, 0.5) is 0 Å². The summed E-state index contributed by atoms with van der Waals surface area (Å²) < 4.78 is 10.9. The van der Waals surface area contributed by atoms with Crippen molar-refractivity contribution in [2.45, 2.75) is 25.7 Å². The minimum absolute atomic E-state index is 0.0486. The van der Waals surface area contributed by atoms with Crippen LogP contribution in [0.15, 0.2) is 18.2 Å². The van der Waals surface area contributed by atoms with E-state index in [9.17, 15) is 4.79 Å². The first-order valence-corrected chi connectivity index (χ1v) is 8.63. The standard InChI is InChI=1S/C18H26N2O3/c21-18(19-7-2-8-20-9-11-22-12-10-20)14-23-17-6-5-15-3-1-4-16(15)13-17/h5-6,13H,1-4,7-12,14H2,(H,19,21). The number of hydrogen-bond acceptors (Lipinski definition) is 4. The van der Waals surface area contributed by atoms with Gasteiger partial charge in [0.25, 0.3) is 5.91 Å². The van der Waals surface area contributed by atoms with E-state index in [1.807, 2.05) is 6.07 Å². The van der Waals surface area contributed by atoms with E-state index in [-0.39, 0.29) is 12.5 Å². The van der Waals surface area contributed by atoms with E-state index in [0.717, 1.165) is 51.4 Å². The molecular formula is C18H26N2O3. The highest BCUT2D eigenvalue weighted by atomic mass is 16.5. The summed E-state index contributed by atoms with van der Waals surface area (Å²) in [6, 6.07) is 6.17. The number of amides is 1. The lowest BCUT2D eigenvalue weighted by atomic mass is 10.1. The molecule has 23 heavy (non-hydrogen) atoms. The van der Waals surface area contributed by atoms with Crippen LogP contribution in [-0.2, 0) is 22.4 Å². The zero-order valence-corrected chi connectivity index (χ0v) is 13.7. The highest BCUT2D eigenvalue weighted by molar-refractivity contribution is 5.77. The molecule has 0 radical (unpaired) electrons. The van der Waals surface area contributed by atoms with Crippen molar-refractivity contribution in [2.24, 2.45) is 0 Å². The number of ether oxygens (including phenoxy) is 2. The van der Waals surface area contributed by atoms with Crippen LogP contribution < -0.4 is 10.1 Å². The summed E-state index contributed by atoms with van der Waals surface area (Å²) in [4.78, 5) is 14.2. The summed E-state index contributed by atoms with van der Waals surface area (Å²) in [5, 5.41) is 2.92. The molecule has 1 amide bonds. The topological polar surface area (TPSA) is 50.8 Å². The SMILES string of the molecule is O=C(COc1ccc2c(c1)CCC2)NCCCN1CCOCC1. The molecule has 1 aliphatic carbocycles. The van der Waals surface area contributed by atoms with Gasteiger partial charge >= 0.3 is 0 Å². The molecule has 1 N–H and O–H groups in total. The van der Waals surface area contributed by atoms with Gasteiger partial charge in [0.2, 0.25) is 0 Å². The molecule has 0 saturated carbocycles. The van der Waals surface area contributed by atoms with E-state index >= 15 is 0 Å². The summed E-state index contributed by atoms with van der Waals surface area (Å²) in [5.41, 5.74) is 2.79. The van der Waals surface area contributed by atoms with Crippen LogP contribution in [0.1, 0.15) is 24.0 Å². The Morgan fingerprint density at radius 3 is 2.91 bits per heavy atom. The Bertz CT molecular complexity index is 527. The Labute approximate surface area is 137 Å². The Morgan fingerprint density at radius 2 is 2.04 bits per heavy atom. The molecule has 1 aromatic carbocycles. The molecule has 126 valence electrons. The Morgan fingerprint density at radius 1 is 1.22 bits per heavy atom. The van der Waals surface area contributed by atoms with E-state index in [1.54, 1.807) is 0 Å². The van der Waals surface area contributed by atoms with Gasteiger partial charge < -0.3 is 14.8 Å². The molecule has 0 aromatic heterocycles. The minimum Gasteiger partial charge on any atom is -0.484 e. The molecule has 5 heteroatoms. The van der Waals surface area contributed by atoms with E-state index in [2.05, 4.69) is 22.3 Å². The van der Waals surface area contributed by atoms with Crippen molar-refractivity contribution in [1.29, 1.82) is 0 Å². The second-order valence-corrected chi connectivity index (χ2v) is 6.23. The molecule has 0 bridgehead atoms. The van der Waals surface area contributed by atoms with Crippen molar-refractivity contribution < 1.29 is 14.3 Å². The molecule has 3 rings (SSSR count). The zero-order chi connectivity index (χ0) is 15.9. The number of carbonyl (C=O) groups is 1. The Hall–Kier alpha value is -1.59. The number of hydrogen-bond donors (Lipinski definition) is 1. The minimum atomic E-state index is -0.0486. The van der Waals surface area contributed by atoms with Gasteiger partial charge in [0.15, 0.2) is 6.61 Å². The van der Waals surface area contributed by atoms with Crippen molar-refractivity contribution in [3.8, 4) is 5.75 Å². The molecule has 0 unspecified atom stereocenters. The molecule has 1 saturated heterocycles. The van der Waals surface area contributed by atoms with E-state index in [1.165, 1.54) is 24.0 Å². The van der Waals surface area contributed by atoms with Crippen LogP contribution in [0.2, 0.25) is 0 Å². The van der Waals surface area contributed by atoms with Crippen LogP contribution in [0.3, 0.4) is 0 Å². The molecule has 1 heterocycles. The van der Waals surface area contributed by atoms with Gasteiger partial charge in [0, 0.05) is 19.6 Å². The number of nitrogens with one attached hydrogen (secondary N) is 1. The summed E-state index contributed by atoms with van der Waals surface area (Å²) in [5.74, 6) is 0.751. The lowest BCUT2D eigenvalue weighted by molar-refractivity contribution is -0.123. The number of carbonyl (C=O) groups excluding carboxylic acids is 1. The van der Waals surface area contributed by atoms with Crippen molar-refractivity contribution >= 4 is 5.91 Å². The Kier molecular flexibility index (Phi) is 5.88. The van der Waals surface area contributed by atoms with Crippen LogP contribution in [0.5, 0.6) is 5.75 Å². The van der Waals surface area contributed by atoms with Gasteiger partial charge in [-0.1, -0.05) is 6.07 Å². The quantitative estimate of drug-likeness (QED) is 0.772. The number of rotatable bonds is 7. The van der Waals surface area contributed by atoms with Gasteiger partial charge in [0.1, 0.15) is 5.75 Å². The van der Waals surface area contributed by atoms with Crippen LogP contribution in [0, 0.1) is 0 Å². The number of aryl methyl sites for hydroxylation is 2. The number of morpholine rings is 1. The number of nitrogens with zero attached hydrogens (tertiary/aromatic N) is 1. The normalized spacial score (nSPS) is 17.7. The highest BCUT2D eigenvalue weighted by Crippen LogP contribution is 2.25. The summed E-state index contributed by atoms with van der Waals surface area (Å²) >= 11 is 0. The molecule has 1 aromatic rings. The summed E-state index contributed by atoms with van der Waals surface area (Å²) in [6.07, 6.45) is 4.48. The monoisotopic (exact) mass is 318 g/mol. The van der Waals surface area contributed by atoms with Gasteiger partial charge in [-0.2, -0.15) is 0 Å². The smallest absolute Gasteiger partial charge is 0.257 e. The first-order chi connectivity index (χ1) is 11.3. The lowest BCUT2D eigenvalue weighted by Crippen LogP contribution is -2.38. The largest absolute Gasteiger partial charge is 0.484 e. The van der Waals surface area contributed by atoms with Gasteiger partial charge in [0.05, 0.1) is 13.2 Å². The number of benzene rings is 1. The van der Waals surface area contributed by atoms with Crippen LogP contribution in [-0.4, -0.2) is 56.8 Å². The third-order valence-corrected chi connectivity index (χ3v) is 4.52. The van der Waals surface area contributed by atoms with Crippen molar-refractivity contribution in [3.63, 3.8) is 0 Å². The van der Waals surface area contributed by atoms with Crippen molar-refractivity contribution in [3.05, 3.63) is 29.3 Å². The van der Waals surface area contributed by atoms with Gasteiger partial charge in [-0.05, 0) is 55.5 Å². The predicted molar refractivity (Wildman–Crippen MR) is 88.8 cm³/mol. The zero-order valence-electron chi connectivity index (χ0n) is 13.7. The average Bonchev–Trinajstić information content (AvgIpc) is 3.05. The van der Waals surface area contributed by atoms with Gasteiger partial charge in [-0.15, -0.1) is 0 Å². The molecule has 2 aliphatic rings. The molecule has 1 aliphatic heterocycles. The number of fused-ring (bicyclic) bond motifs is 1. The van der Waals surface area contributed by atoms with E-state index in [4.69, 9.17) is 9.47 Å². The molecule has 0 atom stereocenters. The van der Waals surface area contributed by atoms with Gasteiger partial charge in [-0.25, -0.2) is 0 Å². The second-order valence-electron chi connectivity index (χ2n) is 6.23. The average molecular weight is 318 g/mol. The predicted octanol–water partition coefficient (Wildman–Crippen LogP) is 1.39. The fourth-order valence-electron chi connectivity index (χ4n) is 3.19. The molecular weight excluding hydrogens is 292 g/mol. The molecule has 1 fully saturated rings. The van der Waals surface area contributed by atoms with Crippen molar-refractivity contribution in [1.82, 2.24) is 10.2 Å². The molecule has 0 spiro atoms. The first-order valence-electron chi connectivity index (χ1n) is 8.63. The lowest BCUT2D eigenvalue weighted by Gasteiger charge is -2.26. The van der Waals surface area contributed by atoms with Crippen molar-refractivity contribution in [2.75, 3.05) is 46.0 Å². The van der Waals surface area contributed by atoms with E-state index < -0.39 is 0 Å². The van der Waals surface area contributed by atoms with Crippen LogP contribution in [0.25, 0.3) is 0 Å². The highest BCUT2D eigenvalue weighted by Gasteiger charge is 2.12. The third-order valence-electron chi connectivity index (χ3n) is 4.52. The summed E-state index contributed by atoms with van der Waals surface area (Å²) in [7, 11) is 0. The first kappa shape index (κ1) is 16.3. The Balaban J connectivity index is 1.30. The fourth-order valence-corrected chi connectivity index (χ4v) is 3.19. The second kappa shape index (κ2) is 8.31. The maximum Gasteiger partial charge on any atom is 0.257 e. The maximum absolute atomic E-state index is 11.8. The molecule has 5 nitrogen and oxygen atoms in total.